The summed E-state index contributed by atoms with van der Waals surface area (Å²) in [6, 6.07) is 0.402. The topological polar surface area (TPSA) is 63.0 Å². The minimum Gasteiger partial charge on any atom is -0.396 e. The van der Waals surface area contributed by atoms with Crippen molar-refractivity contribution in [1.29, 1.82) is 0 Å². The standard InChI is InChI=1S/C9H18N4O/c1-8(4-3-5-14)10-6-9-12-11-7-13(9)2/h7-8,10,14H,3-6H2,1-2H3. The van der Waals surface area contributed by atoms with Crippen molar-refractivity contribution in [2.45, 2.75) is 32.4 Å². The average Bonchev–Trinajstić information content (AvgIpc) is 2.58. The third kappa shape index (κ3) is 3.43. The minimum atomic E-state index is 0.260. The van der Waals surface area contributed by atoms with Crippen LogP contribution in [0.25, 0.3) is 0 Å². The molecule has 5 heteroatoms. The van der Waals surface area contributed by atoms with E-state index >= 15 is 0 Å². The number of rotatable bonds is 6. The summed E-state index contributed by atoms with van der Waals surface area (Å²) in [5.74, 6) is 0.931. The summed E-state index contributed by atoms with van der Waals surface area (Å²) in [6.07, 6.45) is 3.51. The maximum atomic E-state index is 8.66. The largest absolute Gasteiger partial charge is 0.396 e. The van der Waals surface area contributed by atoms with Crippen molar-refractivity contribution in [1.82, 2.24) is 20.1 Å². The van der Waals surface area contributed by atoms with Gasteiger partial charge in [-0.2, -0.15) is 0 Å². The summed E-state index contributed by atoms with van der Waals surface area (Å²) >= 11 is 0. The molecule has 0 radical (unpaired) electrons. The molecule has 0 saturated heterocycles. The van der Waals surface area contributed by atoms with Crippen LogP contribution in [0, 0.1) is 0 Å². The lowest BCUT2D eigenvalue weighted by Crippen LogP contribution is -2.26. The Morgan fingerprint density at radius 2 is 2.43 bits per heavy atom. The first kappa shape index (κ1) is 11.1. The van der Waals surface area contributed by atoms with E-state index in [9.17, 15) is 0 Å². The van der Waals surface area contributed by atoms with Gasteiger partial charge in [0.2, 0.25) is 0 Å². The van der Waals surface area contributed by atoms with Gasteiger partial charge in [0.25, 0.3) is 0 Å². The van der Waals surface area contributed by atoms with Gasteiger partial charge in [-0.05, 0) is 19.8 Å². The van der Waals surface area contributed by atoms with Gasteiger partial charge in [0.15, 0.2) is 0 Å². The van der Waals surface area contributed by atoms with E-state index in [1.54, 1.807) is 6.33 Å². The smallest absolute Gasteiger partial charge is 0.146 e. The number of aromatic nitrogens is 3. The first-order chi connectivity index (χ1) is 6.74. The van der Waals surface area contributed by atoms with E-state index < -0.39 is 0 Å². The molecule has 1 aromatic rings. The van der Waals surface area contributed by atoms with E-state index in [0.717, 1.165) is 25.2 Å². The number of aryl methyl sites for hydroxylation is 1. The van der Waals surface area contributed by atoms with Crippen LogP contribution < -0.4 is 5.32 Å². The highest BCUT2D eigenvalue weighted by molar-refractivity contribution is 4.83. The first-order valence-electron chi connectivity index (χ1n) is 4.91. The third-order valence-electron chi connectivity index (χ3n) is 2.21. The lowest BCUT2D eigenvalue weighted by molar-refractivity contribution is 0.276. The number of nitrogens with one attached hydrogen (secondary N) is 1. The van der Waals surface area contributed by atoms with Gasteiger partial charge in [-0.1, -0.05) is 0 Å². The highest BCUT2D eigenvalue weighted by atomic mass is 16.2. The lowest BCUT2D eigenvalue weighted by Gasteiger charge is -2.12. The summed E-state index contributed by atoms with van der Waals surface area (Å²) in [6.45, 7) is 3.09. The number of hydrogen-bond acceptors (Lipinski definition) is 4. The Morgan fingerprint density at radius 1 is 1.64 bits per heavy atom. The number of hydrogen-bond donors (Lipinski definition) is 2. The van der Waals surface area contributed by atoms with Gasteiger partial charge in [0.05, 0.1) is 6.54 Å². The Bertz CT molecular complexity index is 261. The van der Waals surface area contributed by atoms with Crippen LogP contribution >= 0.6 is 0 Å². The van der Waals surface area contributed by atoms with Gasteiger partial charge in [-0.25, -0.2) is 0 Å². The Morgan fingerprint density at radius 3 is 3.00 bits per heavy atom. The van der Waals surface area contributed by atoms with Gasteiger partial charge in [0, 0.05) is 19.7 Å². The van der Waals surface area contributed by atoms with Crippen LogP contribution in [0.1, 0.15) is 25.6 Å². The zero-order valence-corrected chi connectivity index (χ0v) is 8.77. The fourth-order valence-corrected chi connectivity index (χ4v) is 1.23. The Kier molecular flexibility index (Phi) is 4.55. The van der Waals surface area contributed by atoms with Crippen molar-refractivity contribution in [2.24, 2.45) is 7.05 Å². The molecular formula is C9H18N4O. The molecule has 1 atom stereocenters. The minimum absolute atomic E-state index is 0.260. The van der Waals surface area contributed by atoms with Gasteiger partial charge >= 0.3 is 0 Å². The van der Waals surface area contributed by atoms with Crippen LogP contribution in [0.3, 0.4) is 0 Å². The quantitative estimate of drug-likeness (QED) is 0.679. The number of aliphatic hydroxyl groups is 1. The predicted octanol–water partition coefficient (Wildman–Crippen LogP) is 0.0657. The van der Waals surface area contributed by atoms with Crippen LogP contribution in [0.15, 0.2) is 6.33 Å². The molecule has 0 saturated carbocycles. The van der Waals surface area contributed by atoms with E-state index in [1.807, 2.05) is 11.6 Å². The van der Waals surface area contributed by atoms with Crippen molar-refractivity contribution in [3.05, 3.63) is 12.2 Å². The SMILES string of the molecule is CC(CCCO)NCc1nncn1C. The van der Waals surface area contributed by atoms with Crippen LogP contribution in [-0.4, -0.2) is 32.5 Å². The second kappa shape index (κ2) is 5.72. The van der Waals surface area contributed by atoms with E-state index in [4.69, 9.17) is 5.11 Å². The molecule has 2 N–H and O–H groups in total. The molecular weight excluding hydrogens is 180 g/mol. The normalized spacial score (nSPS) is 13.1. The second-order valence-corrected chi connectivity index (χ2v) is 3.51. The van der Waals surface area contributed by atoms with Gasteiger partial charge in [0.1, 0.15) is 12.2 Å². The van der Waals surface area contributed by atoms with Gasteiger partial charge in [-0.15, -0.1) is 10.2 Å². The molecule has 5 nitrogen and oxygen atoms in total. The maximum Gasteiger partial charge on any atom is 0.146 e. The molecule has 1 heterocycles. The van der Waals surface area contributed by atoms with E-state index in [-0.39, 0.29) is 6.61 Å². The highest BCUT2D eigenvalue weighted by Gasteiger charge is 2.03. The van der Waals surface area contributed by atoms with Crippen molar-refractivity contribution in [3.8, 4) is 0 Å². The van der Waals surface area contributed by atoms with Gasteiger partial charge < -0.3 is 15.0 Å². The number of aliphatic hydroxyl groups excluding tert-OH is 1. The predicted molar refractivity (Wildman–Crippen MR) is 53.6 cm³/mol. The molecule has 0 spiro atoms. The van der Waals surface area contributed by atoms with E-state index in [1.165, 1.54) is 0 Å². The lowest BCUT2D eigenvalue weighted by atomic mass is 10.2. The number of nitrogens with zero attached hydrogens (tertiary/aromatic N) is 3. The molecule has 1 rings (SSSR count). The average molecular weight is 198 g/mol. The molecule has 0 aliphatic rings. The monoisotopic (exact) mass is 198 g/mol. The fourth-order valence-electron chi connectivity index (χ4n) is 1.23. The molecule has 14 heavy (non-hydrogen) atoms. The molecule has 0 aliphatic heterocycles. The third-order valence-corrected chi connectivity index (χ3v) is 2.21. The summed E-state index contributed by atoms with van der Waals surface area (Å²) in [7, 11) is 1.93. The van der Waals surface area contributed by atoms with Crippen molar-refractivity contribution in [3.63, 3.8) is 0 Å². The van der Waals surface area contributed by atoms with E-state index in [2.05, 4.69) is 22.4 Å². The molecule has 0 fully saturated rings. The molecule has 80 valence electrons. The molecule has 0 amide bonds. The van der Waals surface area contributed by atoms with Crippen LogP contribution in [0.4, 0.5) is 0 Å². The molecule has 0 aliphatic carbocycles. The summed E-state index contributed by atoms with van der Waals surface area (Å²) < 4.78 is 1.89. The second-order valence-electron chi connectivity index (χ2n) is 3.51. The zero-order valence-electron chi connectivity index (χ0n) is 8.77. The van der Waals surface area contributed by atoms with Crippen LogP contribution in [0.5, 0.6) is 0 Å². The zero-order chi connectivity index (χ0) is 10.4. The van der Waals surface area contributed by atoms with E-state index in [0.29, 0.717) is 6.04 Å². The summed E-state index contributed by atoms with van der Waals surface area (Å²) in [5, 5.41) is 19.7. The van der Waals surface area contributed by atoms with Crippen molar-refractivity contribution >= 4 is 0 Å². The van der Waals surface area contributed by atoms with Crippen LogP contribution in [0.2, 0.25) is 0 Å². The molecule has 1 aromatic heterocycles. The Labute approximate surface area is 84.2 Å². The first-order valence-corrected chi connectivity index (χ1v) is 4.91. The van der Waals surface area contributed by atoms with Crippen molar-refractivity contribution in [2.75, 3.05) is 6.61 Å². The summed E-state index contributed by atoms with van der Waals surface area (Å²) in [4.78, 5) is 0. The molecule has 1 unspecified atom stereocenters. The van der Waals surface area contributed by atoms with Crippen LogP contribution in [-0.2, 0) is 13.6 Å². The summed E-state index contributed by atoms with van der Waals surface area (Å²) in [5.41, 5.74) is 0. The Hall–Kier alpha value is -0.940. The maximum absolute atomic E-state index is 8.66. The Balaban J connectivity index is 2.23. The van der Waals surface area contributed by atoms with Crippen molar-refractivity contribution < 1.29 is 5.11 Å². The van der Waals surface area contributed by atoms with Gasteiger partial charge in [-0.3, -0.25) is 0 Å². The molecule has 0 bridgehead atoms. The fraction of sp³-hybridized carbons (Fsp3) is 0.778. The molecule has 0 aromatic carbocycles. The highest BCUT2D eigenvalue weighted by Crippen LogP contribution is 1.97.